The van der Waals surface area contributed by atoms with Gasteiger partial charge in [0.1, 0.15) is 36.1 Å². The summed E-state index contributed by atoms with van der Waals surface area (Å²) in [6.07, 6.45) is -15.2. The van der Waals surface area contributed by atoms with Crippen LogP contribution in [0.4, 0.5) is 0 Å². The van der Waals surface area contributed by atoms with Gasteiger partial charge in [-0.15, -0.1) is 11.6 Å². The number of rotatable bonds is 30. The SMILES string of the molecule is CC(=O)CCC(=O)O[C@H]1[C@H](O)[C@H](OC(=O)CCl)[C@H](OP(=O)(OCC2c3ccccc3-c3ccccc32)OCC2c3ccccc3-c3ccccc32)[C@@H](OP(=O)(OCC2c3ccccc3-c3ccccc32)OCC2c3ccccc3-c3ccccc32)[C@@H]1OP(=O)(OCC1c2ccccc2-c2ccccc21)OCC1c2ccccc2-c2ccccc21. The number of benzene rings is 12. The van der Waals surface area contributed by atoms with Crippen LogP contribution in [0.25, 0.3) is 66.8 Å². The molecular weight excluding hydrogens is 1580 g/mol. The number of fused-ring (bicyclic) bond motifs is 18. The van der Waals surface area contributed by atoms with Crippen LogP contribution in [0.5, 0.6) is 0 Å². The predicted octanol–water partition coefficient (Wildman–Crippen LogP) is 21.2. The molecule has 7 aliphatic rings. The van der Waals surface area contributed by atoms with Gasteiger partial charge in [-0.05, 0) is 140 Å². The van der Waals surface area contributed by atoms with Gasteiger partial charge in [-0.25, -0.2) is 13.7 Å². The van der Waals surface area contributed by atoms with E-state index in [-0.39, 0.29) is 6.42 Å². The fourth-order valence-electron chi connectivity index (χ4n) is 18.8. The molecule has 19 rings (SSSR count). The number of aliphatic hydroxyl groups is 1. The highest BCUT2D eigenvalue weighted by Crippen LogP contribution is 2.64. The highest BCUT2D eigenvalue weighted by atomic mass is 35.5. The number of phosphoric ester groups is 3. The molecule has 18 nitrogen and oxygen atoms in total. The number of hydrogen-bond acceptors (Lipinski definition) is 18. The standard InChI is InChI=1S/C97H82ClO18P3/c1-59(99)50-51-90(100)112-93-92(102)94(113-91(101)52-98)96(115-118(104,108-55-86-76-42-18-6-30-64(76)65-31-7-19-43-77(65)86)109-56-87-78-44-20-8-32-66(78)67-33-9-21-45-79(67)87)97(116-119(105,110-57-88-80-46-22-10-34-68(80)69-35-11-23-47-81(69)88)111-58-89-82-48-24-12-36-70(82)71-37-13-25-49-83(71)89)95(93)114-117(103,106-53-84-72-38-14-2-26-60(72)61-27-3-15-39-73(61)84)107-54-85-74-40-16-4-28-62(74)63-29-5-17-41-75(63)85/h2-49,84-89,92-97,102H,50-58H2,1H3/t92-,93-,94-,95+,96-,97-/m0/s1. The molecule has 22 heteroatoms. The smallest absolute Gasteiger partial charge is 0.457 e. The van der Waals surface area contributed by atoms with E-state index in [9.17, 15) is 14.7 Å². The van der Waals surface area contributed by atoms with Crippen LogP contribution in [0.2, 0.25) is 0 Å². The molecule has 1 N–H and O–H groups in total. The summed E-state index contributed by atoms with van der Waals surface area (Å²) in [7, 11) is -16.6. The van der Waals surface area contributed by atoms with Gasteiger partial charge in [-0.3, -0.25) is 50.3 Å². The summed E-state index contributed by atoms with van der Waals surface area (Å²) in [4.78, 5) is 42.6. The molecule has 119 heavy (non-hydrogen) atoms. The van der Waals surface area contributed by atoms with Gasteiger partial charge >= 0.3 is 35.4 Å². The Bertz CT molecular complexity index is 5510. The van der Waals surface area contributed by atoms with Crippen LogP contribution in [-0.2, 0) is 78.3 Å². The van der Waals surface area contributed by atoms with Crippen molar-refractivity contribution in [1.29, 1.82) is 0 Å². The van der Waals surface area contributed by atoms with Gasteiger partial charge in [-0.2, -0.15) is 0 Å². The van der Waals surface area contributed by atoms with E-state index in [0.717, 1.165) is 134 Å². The van der Waals surface area contributed by atoms with Crippen molar-refractivity contribution in [2.45, 2.75) is 91.9 Å². The third-order valence-corrected chi connectivity index (χ3v) is 28.7. The molecule has 7 aliphatic carbocycles. The van der Waals surface area contributed by atoms with E-state index >= 15 is 18.5 Å². The zero-order valence-electron chi connectivity index (χ0n) is 64.6. The second-order valence-corrected chi connectivity index (χ2v) is 36.1. The summed E-state index contributed by atoms with van der Waals surface area (Å²) in [6, 6.07) is 93.0. The molecule has 1 saturated carbocycles. The molecule has 0 unspecified atom stereocenters. The van der Waals surface area contributed by atoms with Crippen molar-refractivity contribution < 1.29 is 83.4 Å². The van der Waals surface area contributed by atoms with Crippen molar-refractivity contribution in [2.75, 3.05) is 45.5 Å². The molecule has 0 aromatic heterocycles. The van der Waals surface area contributed by atoms with E-state index < -0.39 is 165 Å². The minimum absolute atomic E-state index is 0.357. The number of ether oxygens (including phenoxy) is 2. The fraction of sp³-hybridized carbons (Fsp3) is 0.227. The molecule has 0 bridgehead atoms. The molecule has 12 aromatic carbocycles. The minimum atomic E-state index is -5.58. The maximum atomic E-state index is 17.8. The van der Waals surface area contributed by atoms with E-state index in [1.165, 1.54) is 6.92 Å². The van der Waals surface area contributed by atoms with E-state index in [2.05, 4.69) is 0 Å². The number of carbonyl (C=O) groups is 3. The first-order chi connectivity index (χ1) is 58.1. The number of aliphatic hydroxyl groups excluding tert-OH is 1. The average molecular weight is 1660 g/mol. The molecule has 12 aromatic rings. The molecular formula is C97H82ClO18P3. The van der Waals surface area contributed by atoms with Gasteiger partial charge in [-0.1, -0.05) is 291 Å². The molecule has 600 valence electrons. The Balaban J connectivity index is 0.799. The van der Waals surface area contributed by atoms with Crippen molar-refractivity contribution >= 4 is 52.8 Å². The molecule has 0 aliphatic heterocycles. The first kappa shape index (κ1) is 78.7. The lowest BCUT2D eigenvalue weighted by molar-refractivity contribution is -0.234. The summed E-state index contributed by atoms with van der Waals surface area (Å²) in [5, 5.41) is 13.8. The molecule has 1 fully saturated rings. The molecule has 0 radical (unpaired) electrons. The second kappa shape index (κ2) is 33.1. The number of alkyl halides is 1. The Morgan fingerprint density at radius 1 is 0.269 bits per heavy atom. The zero-order chi connectivity index (χ0) is 81.1. The van der Waals surface area contributed by atoms with Crippen molar-refractivity contribution in [3.63, 3.8) is 0 Å². The maximum Gasteiger partial charge on any atom is 0.475 e. The largest absolute Gasteiger partial charge is 0.475 e. The summed E-state index contributed by atoms with van der Waals surface area (Å²) < 4.78 is 129. The molecule has 0 amide bonds. The van der Waals surface area contributed by atoms with Crippen LogP contribution < -0.4 is 0 Å². The van der Waals surface area contributed by atoms with Crippen molar-refractivity contribution in [3.8, 4) is 66.8 Å². The second-order valence-electron chi connectivity index (χ2n) is 30.9. The summed E-state index contributed by atoms with van der Waals surface area (Å²) in [5.74, 6) is -7.40. The predicted molar refractivity (Wildman–Crippen MR) is 452 cm³/mol. The molecule has 0 saturated heterocycles. The molecule has 6 atom stereocenters. The van der Waals surface area contributed by atoms with E-state index in [4.69, 9.17) is 61.8 Å². The monoisotopic (exact) mass is 1660 g/mol. The van der Waals surface area contributed by atoms with Crippen LogP contribution in [0, 0.1) is 0 Å². The summed E-state index contributed by atoms with van der Waals surface area (Å²) >= 11 is 6.49. The minimum Gasteiger partial charge on any atom is -0.457 e. The fourth-order valence-corrected chi connectivity index (χ4v) is 23.1. The van der Waals surface area contributed by atoms with E-state index in [1.54, 1.807) is 0 Å². The number of Topliss-reactive ketones (excluding diaryl/α,β-unsaturated/α-hetero) is 1. The lowest BCUT2D eigenvalue weighted by Crippen LogP contribution is -2.67. The van der Waals surface area contributed by atoms with Gasteiger partial charge < -0.3 is 19.4 Å². The third-order valence-electron chi connectivity index (χ3n) is 24.2. The Kier molecular flexibility index (Phi) is 21.9. The highest BCUT2D eigenvalue weighted by Gasteiger charge is 2.63. The van der Waals surface area contributed by atoms with Gasteiger partial charge in [0.05, 0.1) is 46.1 Å². The summed E-state index contributed by atoms with van der Waals surface area (Å²) in [6.45, 7) is -1.15. The van der Waals surface area contributed by atoms with Crippen molar-refractivity contribution in [1.82, 2.24) is 0 Å². The average Bonchev–Trinajstić information content (AvgIpc) is 1.71. The van der Waals surface area contributed by atoms with Crippen LogP contribution in [-0.4, -0.2) is 105 Å². The Morgan fingerprint density at radius 2 is 0.437 bits per heavy atom. The number of halogens is 1. The number of phosphoric acid groups is 3. The van der Waals surface area contributed by atoms with Gasteiger partial charge in [0, 0.05) is 41.9 Å². The van der Waals surface area contributed by atoms with E-state index in [1.807, 2.05) is 291 Å². The van der Waals surface area contributed by atoms with Gasteiger partial charge in [0.25, 0.3) is 0 Å². The number of ketones is 1. The summed E-state index contributed by atoms with van der Waals surface area (Å²) in [5.41, 5.74) is 20.6. The lowest BCUT2D eigenvalue weighted by atomic mass is 9.84. The van der Waals surface area contributed by atoms with Gasteiger partial charge in [0.2, 0.25) is 0 Å². The number of carbonyl (C=O) groups excluding carboxylic acids is 3. The first-order valence-electron chi connectivity index (χ1n) is 40.0. The molecule has 0 spiro atoms. The Labute approximate surface area is 694 Å². The molecule has 0 heterocycles. The van der Waals surface area contributed by atoms with Crippen molar-refractivity contribution in [2.24, 2.45) is 0 Å². The maximum absolute atomic E-state index is 17.8. The number of esters is 2. The van der Waals surface area contributed by atoms with Crippen molar-refractivity contribution in [3.05, 3.63) is 358 Å². The topological polar surface area (TPSA) is 224 Å². The van der Waals surface area contributed by atoms with Crippen LogP contribution in [0.3, 0.4) is 0 Å². The first-order valence-corrected chi connectivity index (χ1v) is 45.0. The quantitative estimate of drug-likeness (QED) is 0.0251. The van der Waals surface area contributed by atoms with Gasteiger partial charge in [0.15, 0.2) is 12.2 Å². The highest BCUT2D eigenvalue weighted by molar-refractivity contribution is 7.49. The van der Waals surface area contributed by atoms with E-state index in [0.29, 0.717) is 0 Å². The Morgan fingerprint density at radius 3 is 0.613 bits per heavy atom. The van der Waals surface area contributed by atoms with Crippen LogP contribution >= 0.6 is 35.1 Å². The zero-order valence-corrected chi connectivity index (χ0v) is 68.1. The van der Waals surface area contributed by atoms with Crippen LogP contribution in [0.15, 0.2) is 291 Å². The lowest BCUT2D eigenvalue weighted by Gasteiger charge is -2.48. The normalized spacial score (nSPS) is 18.8. The Hall–Kier alpha value is -10.2. The number of hydrogen-bond donors (Lipinski definition) is 1. The van der Waals surface area contributed by atoms with Crippen LogP contribution in [0.1, 0.15) is 122 Å². The third kappa shape index (κ3) is 15.0.